The number of aromatic hydroxyl groups is 1. The molecule has 1 heterocycles. The van der Waals surface area contributed by atoms with Gasteiger partial charge in [0, 0.05) is 5.02 Å². The number of nitrogens with one attached hydrogen (secondary N) is 1. The normalized spacial score (nSPS) is 11.0. The van der Waals surface area contributed by atoms with Crippen LogP contribution in [0.1, 0.15) is 29.8 Å². The van der Waals surface area contributed by atoms with Crippen molar-refractivity contribution in [2.45, 2.75) is 20.0 Å². The van der Waals surface area contributed by atoms with E-state index in [0.717, 1.165) is 23.5 Å². The first-order valence-electron chi connectivity index (χ1n) is 7.52. The van der Waals surface area contributed by atoms with E-state index in [1.807, 2.05) is 13.8 Å². The molecule has 3 rings (SSSR count). The van der Waals surface area contributed by atoms with Gasteiger partial charge in [-0.3, -0.25) is 10.1 Å². The predicted molar refractivity (Wildman–Crippen MR) is 97.0 cm³/mol. The number of carbonyl (C=O) groups is 1. The Morgan fingerprint density at radius 2 is 1.88 bits per heavy atom. The number of thiazole rings is 1. The van der Waals surface area contributed by atoms with Gasteiger partial charge in [0.25, 0.3) is 5.91 Å². The number of phenolic OH excluding ortho intramolecular Hbond substituents is 1. The van der Waals surface area contributed by atoms with Gasteiger partial charge in [0.15, 0.2) is 5.13 Å². The van der Waals surface area contributed by atoms with Gasteiger partial charge in [-0.05, 0) is 36.4 Å². The van der Waals surface area contributed by atoms with E-state index in [0.29, 0.717) is 5.52 Å². The third-order valence-electron chi connectivity index (χ3n) is 3.14. The van der Waals surface area contributed by atoms with Crippen molar-refractivity contribution < 1.29 is 23.1 Å². The molecule has 0 saturated carbocycles. The van der Waals surface area contributed by atoms with Crippen molar-refractivity contribution in [1.82, 2.24) is 4.98 Å². The molecule has 0 bridgehead atoms. The van der Waals surface area contributed by atoms with Gasteiger partial charge in [0.2, 0.25) is 0 Å². The van der Waals surface area contributed by atoms with Gasteiger partial charge in [0.1, 0.15) is 5.75 Å². The van der Waals surface area contributed by atoms with Crippen LogP contribution in [0, 0.1) is 0 Å². The van der Waals surface area contributed by atoms with Crippen LogP contribution in [0.3, 0.4) is 0 Å². The lowest BCUT2D eigenvalue weighted by Gasteiger charge is -2.04. The van der Waals surface area contributed by atoms with E-state index in [-0.39, 0.29) is 26.2 Å². The SMILES string of the molecule is CC.O=C(Nc1nc2ccc(C(F)(F)F)cc2s1)c1cc(Cl)ccc1O. The molecular weight excluding hydrogens is 389 g/mol. The topological polar surface area (TPSA) is 62.2 Å². The lowest BCUT2D eigenvalue weighted by molar-refractivity contribution is -0.137. The molecule has 2 aromatic carbocycles. The summed E-state index contributed by atoms with van der Waals surface area (Å²) in [7, 11) is 0. The third kappa shape index (κ3) is 4.44. The molecule has 0 saturated heterocycles. The average molecular weight is 403 g/mol. The molecule has 0 fully saturated rings. The Labute approximate surface area is 156 Å². The van der Waals surface area contributed by atoms with E-state index in [4.69, 9.17) is 11.6 Å². The highest BCUT2D eigenvalue weighted by Gasteiger charge is 2.30. The molecule has 0 atom stereocenters. The number of nitrogens with zero attached hydrogens (tertiary/aromatic N) is 1. The highest BCUT2D eigenvalue weighted by atomic mass is 35.5. The number of halogens is 4. The Bertz CT molecular complexity index is 941. The lowest BCUT2D eigenvalue weighted by atomic mass is 10.2. The summed E-state index contributed by atoms with van der Waals surface area (Å²) in [4.78, 5) is 16.2. The van der Waals surface area contributed by atoms with Gasteiger partial charge < -0.3 is 5.11 Å². The monoisotopic (exact) mass is 402 g/mol. The minimum atomic E-state index is -4.45. The fourth-order valence-corrected chi connectivity index (χ4v) is 3.08. The van der Waals surface area contributed by atoms with Crippen molar-refractivity contribution in [3.8, 4) is 5.75 Å². The van der Waals surface area contributed by atoms with Gasteiger partial charge in [-0.25, -0.2) is 4.98 Å². The van der Waals surface area contributed by atoms with Crippen LogP contribution >= 0.6 is 22.9 Å². The zero-order chi connectivity index (χ0) is 19.5. The Hall–Kier alpha value is -2.32. The fraction of sp³-hybridized carbons (Fsp3) is 0.176. The van der Waals surface area contributed by atoms with Crippen molar-refractivity contribution in [2.24, 2.45) is 0 Å². The fourth-order valence-electron chi connectivity index (χ4n) is 2.01. The summed E-state index contributed by atoms with van der Waals surface area (Å²) >= 11 is 6.68. The Balaban J connectivity index is 0.00000117. The highest BCUT2D eigenvalue weighted by Crippen LogP contribution is 2.34. The number of benzene rings is 2. The molecule has 4 nitrogen and oxygen atoms in total. The van der Waals surface area contributed by atoms with Crippen LogP contribution in [0.4, 0.5) is 18.3 Å². The average Bonchev–Trinajstić information content (AvgIpc) is 2.99. The van der Waals surface area contributed by atoms with E-state index in [9.17, 15) is 23.1 Å². The smallest absolute Gasteiger partial charge is 0.416 e. The van der Waals surface area contributed by atoms with Crippen molar-refractivity contribution in [1.29, 1.82) is 0 Å². The number of carbonyl (C=O) groups excluding carboxylic acids is 1. The van der Waals surface area contributed by atoms with Crippen molar-refractivity contribution in [2.75, 3.05) is 5.32 Å². The Morgan fingerprint density at radius 1 is 1.19 bits per heavy atom. The molecule has 26 heavy (non-hydrogen) atoms. The van der Waals surface area contributed by atoms with Gasteiger partial charge in [-0.1, -0.05) is 36.8 Å². The molecule has 2 N–H and O–H groups in total. The maximum atomic E-state index is 12.7. The number of amides is 1. The quantitative estimate of drug-likeness (QED) is 0.556. The molecule has 0 radical (unpaired) electrons. The number of rotatable bonds is 2. The first-order valence-corrected chi connectivity index (χ1v) is 8.71. The summed E-state index contributed by atoms with van der Waals surface area (Å²) in [5.41, 5.74) is -0.514. The summed E-state index contributed by atoms with van der Waals surface area (Å²) in [5, 5.41) is 12.5. The van der Waals surface area contributed by atoms with E-state index < -0.39 is 17.6 Å². The first-order chi connectivity index (χ1) is 12.2. The van der Waals surface area contributed by atoms with Crippen LogP contribution in [0.15, 0.2) is 36.4 Å². The lowest BCUT2D eigenvalue weighted by Crippen LogP contribution is -2.11. The Morgan fingerprint density at radius 3 is 2.54 bits per heavy atom. The van der Waals surface area contributed by atoms with Crippen LogP contribution in [-0.4, -0.2) is 16.0 Å². The van der Waals surface area contributed by atoms with E-state index >= 15 is 0 Å². The minimum Gasteiger partial charge on any atom is -0.507 e. The van der Waals surface area contributed by atoms with E-state index in [2.05, 4.69) is 10.3 Å². The molecule has 0 unspecified atom stereocenters. The standard InChI is InChI=1S/C15H8ClF3N2O2S.C2H6/c16-8-2-4-11(22)9(6-8)13(23)21-14-20-10-3-1-7(15(17,18)19)5-12(10)24-14;1-2/h1-6,22H,(H,20,21,23);1-2H3. The number of hydrogen-bond donors (Lipinski definition) is 2. The number of aromatic nitrogens is 1. The molecular formula is C17H14ClF3N2O2S. The van der Waals surface area contributed by atoms with Gasteiger partial charge >= 0.3 is 6.18 Å². The van der Waals surface area contributed by atoms with Crippen molar-refractivity contribution in [3.05, 3.63) is 52.5 Å². The molecule has 0 aliphatic carbocycles. The minimum absolute atomic E-state index is 0.0577. The molecule has 0 aliphatic heterocycles. The van der Waals surface area contributed by atoms with Gasteiger partial charge in [-0.15, -0.1) is 0 Å². The first kappa shape index (κ1) is 20.0. The number of alkyl halides is 3. The van der Waals surface area contributed by atoms with Crippen molar-refractivity contribution in [3.63, 3.8) is 0 Å². The second-order valence-electron chi connectivity index (χ2n) is 4.81. The number of phenols is 1. The summed E-state index contributed by atoms with van der Waals surface area (Å²) in [6, 6.07) is 7.10. The zero-order valence-corrected chi connectivity index (χ0v) is 15.3. The van der Waals surface area contributed by atoms with Crippen molar-refractivity contribution >= 4 is 44.2 Å². The number of fused-ring (bicyclic) bond motifs is 1. The van der Waals surface area contributed by atoms with Crippen LogP contribution < -0.4 is 5.32 Å². The molecule has 138 valence electrons. The maximum absolute atomic E-state index is 12.7. The van der Waals surface area contributed by atoms with E-state index in [1.54, 1.807) is 0 Å². The molecule has 1 aromatic heterocycles. The Kier molecular flexibility index (Phi) is 6.09. The highest BCUT2D eigenvalue weighted by molar-refractivity contribution is 7.22. The summed E-state index contributed by atoms with van der Waals surface area (Å²) in [5.74, 6) is -0.928. The van der Waals surface area contributed by atoms with Crippen LogP contribution in [0.2, 0.25) is 5.02 Å². The van der Waals surface area contributed by atoms with E-state index in [1.165, 1.54) is 24.3 Å². The summed E-state index contributed by atoms with van der Waals surface area (Å²) in [6.07, 6.45) is -4.45. The zero-order valence-electron chi connectivity index (χ0n) is 13.7. The molecule has 0 spiro atoms. The van der Waals surface area contributed by atoms with Crippen LogP contribution in [-0.2, 0) is 6.18 Å². The second-order valence-corrected chi connectivity index (χ2v) is 6.28. The van der Waals surface area contributed by atoms with Crippen LogP contribution in [0.5, 0.6) is 5.75 Å². The maximum Gasteiger partial charge on any atom is 0.416 e. The summed E-state index contributed by atoms with van der Waals surface area (Å²) in [6.45, 7) is 4.00. The third-order valence-corrected chi connectivity index (χ3v) is 4.31. The number of anilines is 1. The molecule has 9 heteroatoms. The predicted octanol–water partition coefficient (Wildman–Crippen LogP) is 5.95. The second kappa shape index (κ2) is 7.92. The largest absolute Gasteiger partial charge is 0.507 e. The summed E-state index contributed by atoms with van der Waals surface area (Å²) < 4.78 is 38.4. The molecule has 1 amide bonds. The van der Waals surface area contributed by atoms with Crippen LogP contribution in [0.25, 0.3) is 10.2 Å². The van der Waals surface area contributed by atoms with Gasteiger partial charge in [-0.2, -0.15) is 13.2 Å². The molecule has 3 aromatic rings. The molecule has 0 aliphatic rings. The van der Waals surface area contributed by atoms with Gasteiger partial charge in [0.05, 0.1) is 21.3 Å². The number of hydrogen-bond acceptors (Lipinski definition) is 4.